The van der Waals surface area contributed by atoms with Gasteiger partial charge in [-0.25, -0.2) is 22.2 Å². The molecule has 3 heterocycles. The molecule has 0 aliphatic carbocycles. The van der Waals surface area contributed by atoms with Crippen LogP contribution in [-0.2, 0) is 16.6 Å². The summed E-state index contributed by atoms with van der Waals surface area (Å²) in [6, 6.07) is 7.72. The monoisotopic (exact) mass is 517 g/mol. The summed E-state index contributed by atoms with van der Waals surface area (Å²) >= 11 is 6.29. The van der Waals surface area contributed by atoms with Crippen LogP contribution >= 0.6 is 11.6 Å². The number of nitrogen functional groups attached to an aromatic ring is 1. The van der Waals surface area contributed by atoms with Gasteiger partial charge in [0.1, 0.15) is 5.56 Å². The molecule has 1 amide bonds. The molecule has 0 saturated carbocycles. The summed E-state index contributed by atoms with van der Waals surface area (Å²) in [6.07, 6.45) is 3.14. The van der Waals surface area contributed by atoms with Crippen molar-refractivity contribution in [3.05, 3.63) is 69.4 Å². The average Bonchev–Trinajstić information content (AvgIpc) is 3.13. The minimum Gasteiger partial charge on any atom is -0.381 e. The predicted octanol–water partition coefficient (Wildman–Crippen LogP) is 1.66. The van der Waals surface area contributed by atoms with Crippen molar-refractivity contribution in [2.45, 2.75) is 19.5 Å². The molecule has 4 aromatic rings. The summed E-state index contributed by atoms with van der Waals surface area (Å²) in [6.45, 7) is 1.56. The van der Waals surface area contributed by atoms with E-state index in [1.54, 1.807) is 43.5 Å². The number of hydrogen-bond donors (Lipinski definition) is 2. The number of nitrogens with zero attached hydrogens (tertiary/aromatic N) is 5. The van der Waals surface area contributed by atoms with Crippen molar-refractivity contribution in [3.63, 3.8) is 0 Å². The molecule has 1 atom stereocenters. The van der Waals surface area contributed by atoms with Crippen LogP contribution in [0.5, 0.6) is 0 Å². The van der Waals surface area contributed by atoms with Crippen LogP contribution in [-0.4, -0.2) is 57.6 Å². The molecule has 4 rings (SSSR count). The molecule has 1 unspecified atom stereocenters. The van der Waals surface area contributed by atoms with E-state index in [1.165, 1.54) is 29.4 Å². The molecule has 0 aliphatic rings. The van der Waals surface area contributed by atoms with Gasteiger partial charge in [0, 0.05) is 38.7 Å². The second-order valence-electron chi connectivity index (χ2n) is 8.17. The van der Waals surface area contributed by atoms with Gasteiger partial charge in [0.05, 0.1) is 22.2 Å². The molecule has 3 aromatic heterocycles. The SMILES string of the molecule is CC(NC(=O)c1c(N)nn2cccnc12)c1cc2cccc(Cl)c2c(=O)n1CCS(=O)(=O)N(C)C. The minimum atomic E-state index is -3.59. The van der Waals surface area contributed by atoms with Crippen molar-refractivity contribution < 1.29 is 13.2 Å². The molecule has 0 fully saturated rings. The second-order valence-corrected chi connectivity index (χ2v) is 10.9. The Balaban J connectivity index is 1.77. The number of nitrogens with two attached hydrogens (primary N) is 1. The van der Waals surface area contributed by atoms with Crippen LogP contribution in [0.4, 0.5) is 5.82 Å². The number of rotatable bonds is 7. The summed E-state index contributed by atoms with van der Waals surface area (Å²) in [7, 11) is -0.741. The third-order valence-corrected chi connectivity index (χ3v) is 7.82. The molecule has 1 aromatic carbocycles. The number of benzene rings is 1. The molecule has 0 saturated heterocycles. The molecule has 184 valence electrons. The topological polar surface area (TPSA) is 145 Å². The highest BCUT2D eigenvalue weighted by molar-refractivity contribution is 7.89. The number of aromatic nitrogens is 4. The number of fused-ring (bicyclic) bond motifs is 2. The number of nitrogens with one attached hydrogen (secondary N) is 1. The van der Waals surface area contributed by atoms with Gasteiger partial charge in [-0.15, -0.1) is 5.10 Å². The zero-order valence-corrected chi connectivity index (χ0v) is 20.8. The fourth-order valence-corrected chi connectivity index (χ4v) is 4.86. The number of hydrogen-bond acceptors (Lipinski definition) is 7. The lowest BCUT2D eigenvalue weighted by Gasteiger charge is -2.21. The van der Waals surface area contributed by atoms with E-state index in [4.69, 9.17) is 17.3 Å². The van der Waals surface area contributed by atoms with Gasteiger partial charge < -0.3 is 15.6 Å². The smallest absolute Gasteiger partial charge is 0.260 e. The van der Waals surface area contributed by atoms with E-state index in [0.717, 1.165) is 4.31 Å². The molecule has 0 spiro atoms. The maximum atomic E-state index is 13.4. The summed E-state index contributed by atoms with van der Waals surface area (Å²) in [5.74, 6) is -0.836. The zero-order valence-electron chi connectivity index (χ0n) is 19.3. The van der Waals surface area contributed by atoms with E-state index in [0.29, 0.717) is 11.1 Å². The summed E-state index contributed by atoms with van der Waals surface area (Å²) in [5, 5.41) is 8.03. The van der Waals surface area contributed by atoms with Crippen LogP contribution in [0.25, 0.3) is 16.4 Å². The highest BCUT2D eigenvalue weighted by Gasteiger charge is 2.24. The van der Waals surface area contributed by atoms with Crippen molar-refractivity contribution >= 4 is 49.8 Å². The fourth-order valence-electron chi connectivity index (χ4n) is 3.82. The van der Waals surface area contributed by atoms with Gasteiger partial charge in [0.15, 0.2) is 11.5 Å². The fraction of sp³-hybridized carbons (Fsp3) is 0.273. The van der Waals surface area contributed by atoms with Crippen molar-refractivity contribution in [2.75, 3.05) is 25.6 Å². The van der Waals surface area contributed by atoms with E-state index in [-0.39, 0.29) is 39.7 Å². The zero-order chi connectivity index (χ0) is 25.5. The number of halogens is 1. The van der Waals surface area contributed by atoms with Crippen LogP contribution in [0.15, 0.2) is 47.5 Å². The van der Waals surface area contributed by atoms with E-state index in [1.807, 2.05) is 0 Å². The van der Waals surface area contributed by atoms with Gasteiger partial charge in [0.2, 0.25) is 10.0 Å². The maximum absolute atomic E-state index is 13.4. The Bertz CT molecular complexity index is 1610. The van der Waals surface area contributed by atoms with E-state index in [9.17, 15) is 18.0 Å². The van der Waals surface area contributed by atoms with Gasteiger partial charge in [-0.2, -0.15) is 0 Å². The summed E-state index contributed by atoms with van der Waals surface area (Å²) in [4.78, 5) is 30.7. The number of pyridine rings is 1. The largest absolute Gasteiger partial charge is 0.381 e. The Hall–Kier alpha value is -3.48. The van der Waals surface area contributed by atoms with Crippen LogP contribution < -0.4 is 16.6 Å². The first-order chi connectivity index (χ1) is 16.5. The molecular formula is C22H24ClN7O4S. The molecule has 0 bridgehead atoms. The van der Waals surface area contributed by atoms with Gasteiger partial charge in [-0.3, -0.25) is 9.59 Å². The number of amides is 1. The van der Waals surface area contributed by atoms with E-state index >= 15 is 0 Å². The molecule has 0 aliphatic heterocycles. The van der Waals surface area contributed by atoms with Crippen molar-refractivity contribution in [2.24, 2.45) is 0 Å². The number of carbonyl (C=O) groups excluding carboxylic acids is 1. The van der Waals surface area contributed by atoms with Crippen LogP contribution in [0, 0.1) is 0 Å². The molecule has 0 radical (unpaired) electrons. The quantitative estimate of drug-likeness (QED) is 0.379. The predicted molar refractivity (Wildman–Crippen MR) is 134 cm³/mol. The summed E-state index contributed by atoms with van der Waals surface area (Å²) in [5.41, 5.74) is 6.32. The lowest BCUT2D eigenvalue weighted by molar-refractivity contribution is 0.0940. The first-order valence-corrected chi connectivity index (χ1v) is 12.6. The van der Waals surface area contributed by atoms with Crippen molar-refractivity contribution in [1.82, 2.24) is 28.8 Å². The normalized spacial score (nSPS) is 12.9. The molecule has 13 heteroatoms. The highest BCUT2D eigenvalue weighted by atomic mass is 35.5. The second kappa shape index (κ2) is 9.29. The average molecular weight is 518 g/mol. The Kier molecular flexibility index (Phi) is 6.54. The number of anilines is 1. The Morgan fingerprint density at radius 2 is 2.03 bits per heavy atom. The Morgan fingerprint density at radius 3 is 2.74 bits per heavy atom. The third-order valence-electron chi connectivity index (χ3n) is 5.69. The highest BCUT2D eigenvalue weighted by Crippen LogP contribution is 2.24. The van der Waals surface area contributed by atoms with Crippen molar-refractivity contribution in [3.8, 4) is 0 Å². The number of sulfonamides is 1. The van der Waals surface area contributed by atoms with Gasteiger partial charge in [0.25, 0.3) is 11.5 Å². The minimum absolute atomic E-state index is 0.00756. The van der Waals surface area contributed by atoms with Crippen LogP contribution in [0.3, 0.4) is 0 Å². The first kappa shape index (κ1) is 24.6. The van der Waals surface area contributed by atoms with Gasteiger partial charge in [-0.05, 0) is 30.5 Å². The Labute approximate surface area is 206 Å². The van der Waals surface area contributed by atoms with Gasteiger partial charge in [-0.1, -0.05) is 23.7 Å². The lowest BCUT2D eigenvalue weighted by atomic mass is 10.1. The molecule has 11 nitrogen and oxygen atoms in total. The van der Waals surface area contributed by atoms with Crippen LogP contribution in [0.1, 0.15) is 29.0 Å². The molecule has 3 N–H and O–H groups in total. The number of carbonyl (C=O) groups is 1. The lowest BCUT2D eigenvalue weighted by Crippen LogP contribution is -2.35. The standard InChI is InChI=1S/C22H24ClN7O4S/c1-13(26-21(31)18-19(24)27-30-9-5-8-25-20(18)30)16-12-14-6-4-7-15(23)17(14)22(32)29(16)10-11-35(33,34)28(2)3/h4-9,12-13H,10-11H2,1-3H3,(H2,24,27)(H,26,31). The summed E-state index contributed by atoms with van der Waals surface area (Å²) < 4.78 is 28.6. The molecular weight excluding hydrogens is 494 g/mol. The van der Waals surface area contributed by atoms with Gasteiger partial charge >= 0.3 is 0 Å². The molecule has 35 heavy (non-hydrogen) atoms. The first-order valence-electron chi connectivity index (χ1n) is 10.6. The maximum Gasteiger partial charge on any atom is 0.260 e. The Morgan fingerprint density at radius 1 is 1.29 bits per heavy atom. The van der Waals surface area contributed by atoms with Crippen molar-refractivity contribution in [1.29, 1.82) is 0 Å². The third kappa shape index (κ3) is 4.59. The van der Waals surface area contributed by atoms with E-state index < -0.39 is 27.5 Å². The van der Waals surface area contributed by atoms with E-state index in [2.05, 4.69) is 15.4 Å². The van der Waals surface area contributed by atoms with Crippen LogP contribution in [0.2, 0.25) is 5.02 Å².